The van der Waals surface area contributed by atoms with Gasteiger partial charge in [0.25, 0.3) is 5.66 Å². The molecular weight excluding hydrogens is 366 g/mol. The molecule has 1 aromatic carbocycles. The van der Waals surface area contributed by atoms with Crippen LogP contribution in [0.15, 0.2) is 35.4 Å². The van der Waals surface area contributed by atoms with E-state index < -0.39 is 41.4 Å². The van der Waals surface area contributed by atoms with Gasteiger partial charge in [0, 0.05) is 17.8 Å². The maximum absolute atomic E-state index is 11.6. The average molecular weight is 383 g/mol. The molecule has 1 aromatic rings. The smallest absolute Gasteiger partial charge is 0.342 e. The molecule has 14 heteroatoms. The lowest BCUT2D eigenvalue weighted by Gasteiger charge is -2.29. The number of carboxylic acids is 2. The van der Waals surface area contributed by atoms with Crippen LogP contribution in [-0.2, 0) is 14.4 Å². The number of amides is 1. The molecule has 27 heavy (non-hydrogen) atoms. The van der Waals surface area contributed by atoms with Crippen LogP contribution >= 0.6 is 0 Å². The minimum atomic E-state index is -2.62. The van der Waals surface area contributed by atoms with Crippen LogP contribution in [0.5, 0.6) is 0 Å². The molecule has 0 unspecified atom stereocenters. The summed E-state index contributed by atoms with van der Waals surface area (Å²) in [6.45, 7) is -0.278. The topological polar surface area (TPSA) is 239 Å². The van der Waals surface area contributed by atoms with Gasteiger partial charge >= 0.3 is 11.9 Å². The molecule has 0 heterocycles. The number of carbonyl (C=O) groups is 3. The van der Waals surface area contributed by atoms with E-state index in [9.17, 15) is 29.6 Å². The van der Waals surface area contributed by atoms with Crippen molar-refractivity contribution in [1.82, 2.24) is 0 Å². The standard InChI is InChI=1S/C11H12N6O5.C2H5NO2/c12-9(18)6-7-11(10(19)20,14-15-13)16(17(21)22)8-4-2-1-3-5-8;3-1-2(4)5/h1-5H,6-7H2,(H2,12,18)(H,19,20);1,3H2,(H,4,5)/t11-;/m0./s1. The molecule has 0 aliphatic carbocycles. The third kappa shape index (κ3) is 6.85. The van der Waals surface area contributed by atoms with E-state index in [0.717, 1.165) is 0 Å². The van der Waals surface area contributed by atoms with Crippen molar-refractivity contribution in [1.29, 1.82) is 0 Å². The third-order valence-electron chi connectivity index (χ3n) is 2.96. The fourth-order valence-electron chi connectivity index (χ4n) is 1.82. The van der Waals surface area contributed by atoms with Crippen LogP contribution in [0.3, 0.4) is 0 Å². The van der Waals surface area contributed by atoms with Gasteiger partial charge in [-0.05, 0) is 22.8 Å². The Balaban J connectivity index is 0.00000119. The van der Waals surface area contributed by atoms with E-state index in [4.69, 9.17) is 16.4 Å². The fraction of sp³-hybridized carbons (Fsp3) is 0.308. The number of nitro groups is 1. The highest BCUT2D eigenvalue weighted by Crippen LogP contribution is 2.30. The Morgan fingerprint density at radius 2 is 1.81 bits per heavy atom. The van der Waals surface area contributed by atoms with Crippen molar-refractivity contribution < 1.29 is 29.6 Å². The van der Waals surface area contributed by atoms with Crippen molar-refractivity contribution in [3.63, 3.8) is 0 Å². The van der Waals surface area contributed by atoms with Gasteiger partial charge in [-0.2, -0.15) is 0 Å². The second kappa shape index (κ2) is 10.9. The van der Waals surface area contributed by atoms with E-state index >= 15 is 0 Å². The van der Waals surface area contributed by atoms with Gasteiger partial charge in [-0.3, -0.25) is 9.59 Å². The lowest BCUT2D eigenvalue weighted by Crippen LogP contribution is -2.56. The van der Waals surface area contributed by atoms with Crippen molar-refractivity contribution in [2.45, 2.75) is 18.5 Å². The van der Waals surface area contributed by atoms with Gasteiger partial charge in [0.1, 0.15) is 5.69 Å². The number of nitrogens with zero attached hydrogens (tertiary/aromatic N) is 5. The lowest BCUT2D eigenvalue weighted by atomic mass is 10.0. The van der Waals surface area contributed by atoms with E-state index in [-0.39, 0.29) is 17.2 Å². The first kappa shape index (κ1) is 23.1. The zero-order chi connectivity index (χ0) is 21.0. The largest absolute Gasteiger partial charge is 0.480 e. The maximum atomic E-state index is 11.6. The SMILES string of the molecule is NCC(=O)O.[N-]=[N+]=N[C@](CCC(N)=O)(C(=O)O)N(c1ccccc1)[N+](=O)[O-]. The van der Waals surface area contributed by atoms with Crippen LogP contribution in [0, 0.1) is 10.1 Å². The molecule has 0 saturated heterocycles. The van der Waals surface area contributed by atoms with Crippen molar-refractivity contribution in [2.24, 2.45) is 16.6 Å². The number of carbonyl (C=O) groups excluding carboxylic acids is 1. The molecule has 0 spiro atoms. The van der Waals surface area contributed by atoms with Gasteiger partial charge < -0.3 is 21.7 Å². The normalized spacial score (nSPS) is 11.6. The summed E-state index contributed by atoms with van der Waals surface area (Å²) in [4.78, 5) is 45.5. The lowest BCUT2D eigenvalue weighted by molar-refractivity contribution is -0.505. The quantitative estimate of drug-likeness (QED) is 0.148. The summed E-state index contributed by atoms with van der Waals surface area (Å²) < 4.78 is 0. The Labute approximate surface area is 151 Å². The summed E-state index contributed by atoms with van der Waals surface area (Å²) in [6, 6.07) is 7.02. The molecular formula is C13H17N7O7. The number of aliphatic carboxylic acids is 2. The minimum absolute atomic E-state index is 0.119. The first-order valence-corrected chi connectivity index (χ1v) is 7.11. The second-order valence-corrected chi connectivity index (χ2v) is 4.76. The monoisotopic (exact) mass is 383 g/mol. The molecule has 6 N–H and O–H groups in total. The fourth-order valence-corrected chi connectivity index (χ4v) is 1.82. The summed E-state index contributed by atoms with van der Waals surface area (Å²) in [5, 5.41) is 30.6. The van der Waals surface area contributed by atoms with Gasteiger partial charge in [-0.15, -0.1) is 0 Å². The van der Waals surface area contributed by atoms with E-state index in [2.05, 4.69) is 15.8 Å². The second-order valence-electron chi connectivity index (χ2n) is 4.76. The Kier molecular flexibility index (Phi) is 9.29. The molecule has 0 aromatic heterocycles. The number of rotatable bonds is 9. The number of anilines is 1. The molecule has 0 radical (unpaired) electrons. The highest BCUT2D eigenvalue weighted by molar-refractivity contribution is 5.84. The van der Waals surface area contributed by atoms with Crippen LogP contribution in [0.1, 0.15) is 12.8 Å². The molecule has 14 nitrogen and oxygen atoms in total. The van der Waals surface area contributed by atoms with E-state index in [0.29, 0.717) is 0 Å². The minimum Gasteiger partial charge on any atom is -0.480 e. The number of hydrazine groups is 1. The summed E-state index contributed by atoms with van der Waals surface area (Å²) in [7, 11) is 0. The van der Waals surface area contributed by atoms with Crippen LogP contribution in [-0.4, -0.2) is 45.3 Å². The molecule has 1 amide bonds. The Morgan fingerprint density at radius 3 is 2.15 bits per heavy atom. The highest BCUT2D eigenvalue weighted by atomic mass is 16.7. The molecule has 0 aliphatic rings. The number of azide groups is 1. The molecule has 1 atom stereocenters. The van der Waals surface area contributed by atoms with Gasteiger partial charge in [-0.25, -0.2) is 14.9 Å². The first-order valence-electron chi connectivity index (χ1n) is 7.11. The number of hydrogen-bond donors (Lipinski definition) is 4. The van der Waals surface area contributed by atoms with Crippen LogP contribution in [0.4, 0.5) is 5.69 Å². The van der Waals surface area contributed by atoms with Crippen LogP contribution in [0.25, 0.3) is 10.4 Å². The first-order chi connectivity index (χ1) is 12.6. The molecule has 0 bridgehead atoms. The summed E-state index contributed by atoms with van der Waals surface area (Å²) in [5.41, 5.74) is 15.4. The Hall–Kier alpha value is -3.90. The van der Waals surface area contributed by atoms with Crippen molar-refractivity contribution in [2.75, 3.05) is 11.6 Å². The predicted molar refractivity (Wildman–Crippen MR) is 90.5 cm³/mol. The van der Waals surface area contributed by atoms with Crippen molar-refractivity contribution in [3.8, 4) is 0 Å². The number of nitrogens with two attached hydrogens (primary N) is 2. The highest BCUT2D eigenvalue weighted by Gasteiger charge is 2.51. The van der Waals surface area contributed by atoms with E-state index in [1.807, 2.05) is 0 Å². The zero-order valence-corrected chi connectivity index (χ0v) is 13.8. The van der Waals surface area contributed by atoms with E-state index in [1.54, 1.807) is 6.07 Å². The average Bonchev–Trinajstić information content (AvgIpc) is 2.60. The van der Waals surface area contributed by atoms with Gasteiger partial charge in [0.2, 0.25) is 5.91 Å². The van der Waals surface area contributed by atoms with Gasteiger partial charge in [-0.1, -0.05) is 23.2 Å². The van der Waals surface area contributed by atoms with Crippen LogP contribution in [0.2, 0.25) is 0 Å². The van der Waals surface area contributed by atoms with Gasteiger partial charge in [0.05, 0.1) is 6.54 Å². The zero-order valence-electron chi connectivity index (χ0n) is 13.8. The Morgan fingerprint density at radius 1 is 1.30 bits per heavy atom. The summed E-state index contributed by atoms with van der Waals surface area (Å²) in [5.74, 6) is -3.62. The molecule has 146 valence electrons. The maximum Gasteiger partial charge on any atom is 0.342 e. The number of carboxylic acid groups (broad SMARTS) is 2. The molecule has 1 rings (SSSR count). The van der Waals surface area contributed by atoms with Gasteiger partial charge in [0.15, 0.2) is 5.03 Å². The number of para-hydroxylation sites is 1. The number of hydrogen-bond acceptors (Lipinski definition) is 7. The molecule has 0 saturated carbocycles. The number of primary amides is 1. The molecule has 0 fully saturated rings. The summed E-state index contributed by atoms with van der Waals surface area (Å²) in [6.07, 6.45) is -1.17. The molecule has 0 aliphatic heterocycles. The summed E-state index contributed by atoms with van der Waals surface area (Å²) >= 11 is 0. The van der Waals surface area contributed by atoms with Crippen molar-refractivity contribution in [3.05, 3.63) is 50.9 Å². The third-order valence-corrected chi connectivity index (χ3v) is 2.96. The van der Waals surface area contributed by atoms with Crippen molar-refractivity contribution >= 4 is 23.5 Å². The predicted octanol–water partition coefficient (Wildman–Crippen LogP) is 0.0711. The van der Waals surface area contributed by atoms with Crippen LogP contribution < -0.4 is 16.5 Å². The number of benzene rings is 1. The van der Waals surface area contributed by atoms with E-state index in [1.165, 1.54) is 24.3 Å². The Bertz CT molecular complexity index is 732.